The first-order valence-electron chi connectivity index (χ1n) is 9.09. The Kier molecular flexibility index (Phi) is 4.86. The SMILES string of the molecule is CCN(C(=O)C1(C(=O)Nc2ccc(C)cc2C)CC1)C1CCS(=O)(=O)C1. The fraction of sp³-hybridized carbons (Fsp3) is 0.579. The Bertz CT molecular complexity index is 843. The minimum absolute atomic E-state index is 0.00134. The maximum Gasteiger partial charge on any atom is 0.240 e. The van der Waals surface area contributed by atoms with Crippen molar-refractivity contribution < 1.29 is 18.0 Å². The second-order valence-electron chi connectivity index (χ2n) is 7.50. The molecule has 1 unspecified atom stereocenters. The molecule has 1 saturated heterocycles. The van der Waals surface area contributed by atoms with E-state index >= 15 is 0 Å². The van der Waals surface area contributed by atoms with Crippen LogP contribution in [0, 0.1) is 19.3 Å². The van der Waals surface area contributed by atoms with Crippen LogP contribution in [0.3, 0.4) is 0 Å². The highest BCUT2D eigenvalue weighted by Crippen LogP contribution is 2.49. The van der Waals surface area contributed by atoms with Gasteiger partial charge in [-0.3, -0.25) is 9.59 Å². The van der Waals surface area contributed by atoms with Gasteiger partial charge in [-0.15, -0.1) is 0 Å². The Morgan fingerprint density at radius 1 is 1.27 bits per heavy atom. The third-order valence-electron chi connectivity index (χ3n) is 5.47. The molecule has 1 aliphatic heterocycles. The number of hydrogen-bond acceptors (Lipinski definition) is 4. The first-order valence-corrected chi connectivity index (χ1v) is 10.9. The number of carbonyl (C=O) groups is 2. The summed E-state index contributed by atoms with van der Waals surface area (Å²) >= 11 is 0. The summed E-state index contributed by atoms with van der Waals surface area (Å²) < 4.78 is 23.5. The Hall–Kier alpha value is -1.89. The zero-order chi connectivity index (χ0) is 19.1. The molecule has 0 radical (unpaired) electrons. The molecule has 7 heteroatoms. The van der Waals surface area contributed by atoms with Crippen molar-refractivity contribution in [3.05, 3.63) is 29.3 Å². The van der Waals surface area contributed by atoms with Gasteiger partial charge >= 0.3 is 0 Å². The minimum atomic E-state index is -3.08. The standard InChI is InChI=1S/C19H26N2O4S/c1-4-21(15-7-10-26(24,25)12-15)18(23)19(8-9-19)17(22)20-16-6-5-13(2)11-14(16)3/h5-6,11,15H,4,7-10,12H2,1-3H3,(H,20,22). The largest absolute Gasteiger partial charge is 0.338 e. The van der Waals surface area contributed by atoms with Crippen LogP contribution in [0.2, 0.25) is 0 Å². The number of sulfone groups is 1. The number of nitrogens with zero attached hydrogens (tertiary/aromatic N) is 1. The Morgan fingerprint density at radius 2 is 1.96 bits per heavy atom. The number of aryl methyl sites for hydroxylation is 2. The lowest BCUT2D eigenvalue weighted by molar-refractivity contribution is -0.143. The maximum atomic E-state index is 13.1. The van der Waals surface area contributed by atoms with Crippen LogP contribution in [0.25, 0.3) is 0 Å². The van der Waals surface area contributed by atoms with Crippen LogP contribution in [0.4, 0.5) is 5.69 Å². The summed E-state index contributed by atoms with van der Waals surface area (Å²) in [5.41, 5.74) is 1.74. The molecule has 1 aliphatic carbocycles. The van der Waals surface area contributed by atoms with Gasteiger partial charge in [-0.2, -0.15) is 0 Å². The molecule has 1 aromatic rings. The molecule has 3 rings (SSSR count). The van der Waals surface area contributed by atoms with Crippen LogP contribution in [-0.2, 0) is 19.4 Å². The molecule has 2 aliphatic rings. The molecule has 1 aromatic carbocycles. The molecule has 142 valence electrons. The molecule has 0 aromatic heterocycles. The van der Waals surface area contributed by atoms with Crippen molar-refractivity contribution in [3.63, 3.8) is 0 Å². The summed E-state index contributed by atoms with van der Waals surface area (Å²) in [6.07, 6.45) is 1.48. The number of amides is 2. The highest BCUT2D eigenvalue weighted by molar-refractivity contribution is 7.91. The molecule has 26 heavy (non-hydrogen) atoms. The number of hydrogen-bond donors (Lipinski definition) is 1. The van der Waals surface area contributed by atoms with Gasteiger partial charge in [-0.25, -0.2) is 8.42 Å². The zero-order valence-electron chi connectivity index (χ0n) is 15.5. The lowest BCUT2D eigenvalue weighted by Crippen LogP contribution is -2.48. The molecule has 1 saturated carbocycles. The molecule has 1 heterocycles. The van der Waals surface area contributed by atoms with E-state index in [1.165, 1.54) is 0 Å². The smallest absolute Gasteiger partial charge is 0.240 e. The lowest BCUT2D eigenvalue weighted by Gasteiger charge is -2.30. The molecule has 1 atom stereocenters. The highest BCUT2D eigenvalue weighted by atomic mass is 32.2. The second kappa shape index (κ2) is 6.68. The van der Waals surface area contributed by atoms with Gasteiger partial charge in [0.15, 0.2) is 9.84 Å². The summed E-state index contributed by atoms with van der Waals surface area (Å²) in [4.78, 5) is 27.6. The first-order chi connectivity index (χ1) is 12.2. The number of nitrogens with one attached hydrogen (secondary N) is 1. The van der Waals surface area contributed by atoms with Crippen LogP contribution >= 0.6 is 0 Å². The van der Waals surface area contributed by atoms with Crippen LogP contribution in [-0.4, -0.2) is 49.2 Å². The summed E-state index contributed by atoms with van der Waals surface area (Å²) in [5.74, 6) is -0.400. The van der Waals surface area contributed by atoms with Gasteiger partial charge in [-0.05, 0) is 51.7 Å². The van der Waals surface area contributed by atoms with E-state index in [2.05, 4.69) is 5.32 Å². The lowest BCUT2D eigenvalue weighted by atomic mass is 10.0. The van der Waals surface area contributed by atoms with Crippen LogP contribution in [0.15, 0.2) is 18.2 Å². The van der Waals surface area contributed by atoms with Gasteiger partial charge in [-0.1, -0.05) is 17.7 Å². The summed E-state index contributed by atoms with van der Waals surface area (Å²) in [7, 11) is -3.08. The monoisotopic (exact) mass is 378 g/mol. The predicted molar refractivity (Wildman–Crippen MR) is 101 cm³/mol. The highest BCUT2D eigenvalue weighted by Gasteiger charge is 2.59. The predicted octanol–water partition coefficient (Wildman–Crippen LogP) is 2.06. The molecule has 0 bridgehead atoms. The van der Waals surface area contributed by atoms with E-state index in [1.54, 1.807) is 4.90 Å². The summed E-state index contributed by atoms with van der Waals surface area (Å²) in [6, 6.07) is 5.44. The van der Waals surface area contributed by atoms with Crippen LogP contribution in [0.1, 0.15) is 37.3 Å². The Labute approximate surface area is 154 Å². The topological polar surface area (TPSA) is 83.6 Å². The molecule has 6 nitrogen and oxygen atoms in total. The van der Waals surface area contributed by atoms with Gasteiger partial charge in [0.05, 0.1) is 11.5 Å². The minimum Gasteiger partial charge on any atom is -0.338 e. The number of carbonyl (C=O) groups excluding carboxylic acids is 2. The maximum absolute atomic E-state index is 13.1. The van der Waals surface area contributed by atoms with Gasteiger partial charge in [0.2, 0.25) is 11.8 Å². The third kappa shape index (κ3) is 3.49. The average molecular weight is 378 g/mol. The molecule has 2 fully saturated rings. The van der Waals surface area contributed by atoms with Crippen molar-refractivity contribution in [2.45, 2.75) is 46.1 Å². The fourth-order valence-electron chi connectivity index (χ4n) is 3.72. The van der Waals surface area contributed by atoms with Crippen LogP contribution < -0.4 is 5.32 Å². The molecule has 2 amide bonds. The van der Waals surface area contributed by atoms with Gasteiger partial charge in [0, 0.05) is 18.3 Å². The summed E-state index contributed by atoms with van der Waals surface area (Å²) in [5, 5.41) is 2.90. The first kappa shape index (κ1) is 18.9. The van der Waals surface area contributed by atoms with Crippen molar-refractivity contribution in [1.29, 1.82) is 0 Å². The third-order valence-corrected chi connectivity index (χ3v) is 7.23. The van der Waals surface area contributed by atoms with Gasteiger partial charge in [0.1, 0.15) is 5.41 Å². The number of anilines is 1. The van der Waals surface area contributed by atoms with Crippen molar-refractivity contribution in [1.82, 2.24) is 4.90 Å². The molecular formula is C19H26N2O4S. The molecule has 0 spiro atoms. The van der Waals surface area contributed by atoms with E-state index < -0.39 is 15.3 Å². The van der Waals surface area contributed by atoms with E-state index in [0.717, 1.165) is 11.1 Å². The second-order valence-corrected chi connectivity index (χ2v) is 9.73. The van der Waals surface area contributed by atoms with E-state index in [9.17, 15) is 18.0 Å². The Morgan fingerprint density at radius 3 is 2.46 bits per heavy atom. The fourth-order valence-corrected chi connectivity index (χ4v) is 5.45. The van der Waals surface area contributed by atoms with E-state index in [0.29, 0.717) is 31.5 Å². The van der Waals surface area contributed by atoms with Crippen molar-refractivity contribution in [3.8, 4) is 0 Å². The quantitative estimate of drug-likeness (QED) is 0.795. The van der Waals surface area contributed by atoms with Gasteiger partial charge < -0.3 is 10.2 Å². The summed E-state index contributed by atoms with van der Waals surface area (Å²) in [6.45, 7) is 6.16. The van der Waals surface area contributed by atoms with Gasteiger partial charge in [0.25, 0.3) is 0 Å². The van der Waals surface area contributed by atoms with E-state index in [1.807, 2.05) is 39.0 Å². The van der Waals surface area contributed by atoms with E-state index in [4.69, 9.17) is 0 Å². The molecular weight excluding hydrogens is 352 g/mol. The van der Waals surface area contributed by atoms with Crippen molar-refractivity contribution in [2.75, 3.05) is 23.4 Å². The normalized spacial score (nSPS) is 22.7. The van der Waals surface area contributed by atoms with Crippen molar-refractivity contribution >= 4 is 27.3 Å². The number of benzene rings is 1. The average Bonchev–Trinajstić information content (AvgIpc) is 3.30. The van der Waals surface area contributed by atoms with Crippen molar-refractivity contribution in [2.24, 2.45) is 5.41 Å². The zero-order valence-corrected chi connectivity index (χ0v) is 16.4. The van der Waals surface area contributed by atoms with E-state index in [-0.39, 0.29) is 29.4 Å². The van der Waals surface area contributed by atoms with Crippen LogP contribution in [0.5, 0.6) is 0 Å². The molecule has 1 N–H and O–H groups in total. The number of rotatable bonds is 5. The Balaban J connectivity index is 1.76.